The van der Waals surface area contributed by atoms with Crippen LogP contribution in [0.15, 0.2) is 48.5 Å². The van der Waals surface area contributed by atoms with E-state index in [0.29, 0.717) is 29.3 Å². The number of hydrogen-bond donors (Lipinski definition) is 2. The molecule has 6 heteroatoms. The molecule has 0 heterocycles. The molecule has 0 bridgehead atoms. The van der Waals surface area contributed by atoms with Crippen molar-refractivity contribution in [1.29, 1.82) is 0 Å². The normalized spacial score (nSPS) is 9.83. The first-order valence-electron chi connectivity index (χ1n) is 7.12. The number of anilines is 2. The highest BCUT2D eigenvalue weighted by Gasteiger charge is 2.10. The van der Waals surface area contributed by atoms with Crippen LogP contribution < -0.4 is 15.4 Å². The standard InChI is InChI=1S/C17H18N2O4/c1-3-23-17(21)18-13-10-8-12(9-11-13)16(20)19-14-6-4-5-7-15(14)22-2/h4-11H,3H2,1-2H3,(H,18,21)(H,19,20). The van der Waals surface area contributed by atoms with Gasteiger partial charge in [-0.1, -0.05) is 12.1 Å². The number of hydrogen-bond acceptors (Lipinski definition) is 4. The van der Waals surface area contributed by atoms with Crippen LogP contribution in [0.5, 0.6) is 5.75 Å². The van der Waals surface area contributed by atoms with Crippen LogP contribution >= 0.6 is 0 Å². The molecule has 6 nitrogen and oxygen atoms in total. The number of rotatable bonds is 5. The third-order valence-electron chi connectivity index (χ3n) is 3.02. The van der Waals surface area contributed by atoms with Gasteiger partial charge in [-0.15, -0.1) is 0 Å². The molecule has 2 amide bonds. The Labute approximate surface area is 134 Å². The Morgan fingerprint density at radius 2 is 1.70 bits per heavy atom. The summed E-state index contributed by atoms with van der Waals surface area (Å²) in [5, 5.41) is 5.35. The van der Waals surface area contributed by atoms with Crippen molar-refractivity contribution in [1.82, 2.24) is 0 Å². The summed E-state index contributed by atoms with van der Waals surface area (Å²) in [5.74, 6) is 0.318. The highest BCUT2D eigenvalue weighted by molar-refractivity contribution is 6.05. The lowest BCUT2D eigenvalue weighted by Gasteiger charge is -2.10. The van der Waals surface area contributed by atoms with E-state index in [1.807, 2.05) is 12.1 Å². The van der Waals surface area contributed by atoms with E-state index in [1.54, 1.807) is 50.4 Å². The lowest BCUT2D eigenvalue weighted by Crippen LogP contribution is -2.14. The summed E-state index contributed by atoms with van der Waals surface area (Å²) in [5.41, 5.74) is 1.61. The van der Waals surface area contributed by atoms with Gasteiger partial charge >= 0.3 is 6.09 Å². The molecule has 120 valence electrons. The number of benzene rings is 2. The van der Waals surface area contributed by atoms with Crippen molar-refractivity contribution in [2.24, 2.45) is 0 Å². The van der Waals surface area contributed by atoms with Crippen LogP contribution in [0.25, 0.3) is 0 Å². The molecule has 0 fully saturated rings. The minimum absolute atomic E-state index is 0.266. The average molecular weight is 314 g/mol. The average Bonchev–Trinajstić information content (AvgIpc) is 2.56. The van der Waals surface area contributed by atoms with Crippen LogP contribution in [-0.4, -0.2) is 25.7 Å². The summed E-state index contributed by atoms with van der Waals surface area (Å²) >= 11 is 0. The summed E-state index contributed by atoms with van der Waals surface area (Å²) in [6.45, 7) is 2.02. The minimum Gasteiger partial charge on any atom is -0.495 e. The van der Waals surface area contributed by atoms with Crippen molar-refractivity contribution in [3.05, 3.63) is 54.1 Å². The Kier molecular flexibility index (Phi) is 5.57. The van der Waals surface area contributed by atoms with Crippen molar-refractivity contribution in [2.75, 3.05) is 24.4 Å². The van der Waals surface area contributed by atoms with Crippen molar-refractivity contribution in [2.45, 2.75) is 6.92 Å². The van der Waals surface area contributed by atoms with Gasteiger partial charge in [-0.2, -0.15) is 0 Å². The first-order chi connectivity index (χ1) is 11.1. The summed E-state index contributed by atoms with van der Waals surface area (Å²) < 4.78 is 9.98. The van der Waals surface area contributed by atoms with E-state index in [0.717, 1.165) is 0 Å². The molecule has 2 aromatic rings. The van der Waals surface area contributed by atoms with E-state index >= 15 is 0 Å². The zero-order valence-electron chi connectivity index (χ0n) is 13.0. The highest BCUT2D eigenvalue weighted by Crippen LogP contribution is 2.23. The number of carbonyl (C=O) groups excluding carboxylic acids is 2. The molecule has 0 aliphatic rings. The highest BCUT2D eigenvalue weighted by atomic mass is 16.5. The second-order valence-corrected chi connectivity index (χ2v) is 4.58. The van der Waals surface area contributed by atoms with Crippen LogP contribution in [0.4, 0.5) is 16.2 Å². The molecule has 0 saturated carbocycles. The van der Waals surface area contributed by atoms with Gasteiger partial charge < -0.3 is 14.8 Å². The van der Waals surface area contributed by atoms with Crippen molar-refractivity contribution in [3.8, 4) is 5.75 Å². The van der Waals surface area contributed by atoms with Gasteiger partial charge in [-0.3, -0.25) is 10.1 Å². The van der Waals surface area contributed by atoms with Gasteiger partial charge in [0.1, 0.15) is 5.75 Å². The number of para-hydroxylation sites is 2. The first-order valence-corrected chi connectivity index (χ1v) is 7.12. The van der Waals surface area contributed by atoms with Crippen LogP contribution in [0.3, 0.4) is 0 Å². The predicted octanol–water partition coefficient (Wildman–Crippen LogP) is 3.52. The smallest absolute Gasteiger partial charge is 0.411 e. The number of amides is 2. The Morgan fingerprint density at radius 3 is 2.35 bits per heavy atom. The van der Waals surface area contributed by atoms with Gasteiger partial charge in [0.15, 0.2) is 0 Å². The molecule has 2 N–H and O–H groups in total. The van der Waals surface area contributed by atoms with E-state index in [4.69, 9.17) is 9.47 Å². The number of carbonyl (C=O) groups is 2. The fourth-order valence-electron chi connectivity index (χ4n) is 1.93. The number of nitrogens with one attached hydrogen (secondary N) is 2. The number of methoxy groups -OCH3 is 1. The lowest BCUT2D eigenvalue weighted by molar-refractivity contribution is 0.102. The first kappa shape index (κ1) is 16.4. The van der Waals surface area contributed by atoms with Crippen molar-refractivity contribution >= 4 is 23.4 Å². The summed E-state index contributed by atoms with van der Waals surface area (Å²) in [4.78, 5) is 23.6. The molecule has 0 spiro atoms. The molecular formula is C17H18N2O4. The van der Waals surface area contributed by atoms with Gasteiger partial charge in [0.25, 0.3) is 5.91 Å². The van der Waals surface area contributed by atoms with Crippen LogP contribution in [0.2, 0.25) is 0 Å². The Balaban J connectivity index is 2.04. The summed E-state index contributed by atoms with van der Waals surface area (Å²) in [6, 6.07) is 13.7. The van der Waals surface area contributed by atoms with Crippen molar-refractivity contribution < 1.29 is 19.1 Å². The van der Waals surface area contributed by atoms with Crippen LogP contribution in [0.1, 0.15) is 17.3 Å². The van der Waals surface area contributed by atoms with E-state index in [1.165, 1.54) is 0 Å². The molecule has 2 rings (SSSR count). The molecule has 0 atom stereocenters. The monoisotopic (exact) mass is 314 g/mol. The lowest BCUT2D eigenvalue weighted by atomic mass is 10.2. The fraction of sp³-hybridized carbons (Fsp3) is 0.176. The molecule has 0 unspecified atom stereocenters. The molecule has 0 aliphatic heterocycles. The molecule has 2 aromatic carbocycles. The van der Waals surface area contributed by atoms with Crippen molar-refractivity contribution in [3.63, 3.8) is 0 Å². The maximum absolute atomic E-state index is 12.2. The Bertz CT molecular complexity index is 683. The molecule has 0 aromatic heterocycles. The minimum atomic E-state index is -0.529. The Morgan fingerprint density at radius 1 is 1.00 bits per heavy atom. The van der Waals surface area contributed by atoms with E-state index in [9.17, 15) is 9.59 Å². The SMILES string of the molecule is CCOC(=O)Nc1ccc(C(=O)Nc2ccccc2OC)cc1. The van der Waals surface area contributed by atoms with Gasteiger partial charge in [-0.25, -0.2) is 4.79 Å². The number of ether oxygens (including phenoxy) is 2. The van der Waals surface area contributed by atoms with Crippen LogP contribution in [0, 0.1) is 0 Å². The second-order valence-electron chi connectivity index (χ2n) is 4.58. The second kappa shape index (κ2) is 7.84. The Hall–Kier alpha value is -3.02. The van der Waals surface area contributed by atoms with Gasteiger partial charge in [0.2, 0.25) is 0 Å². The zero-order chi connectivity index (χ0) is 16.7. The quantitative estimate of drug-likeness (QED) is 0.885. The topological polar surface area (TPSA) is 76.7 Å². The largest absolute Gasteiger partial charge is 0.495 e. The van der Waals surface area contributed by atoms with E-state index in [2.05, 4.69) is 10.6 Å². The summed E-state index contributed by atoms with van der Waals surface area (Å²) in [6.07, 6.45) is -0.529. The molecule has 0 saturated heterocycles. The van der Waals surface area contributed by atoms with Crippen LogP contribution in [-0.2, 0) is 4.74 Å². The molecule has 0 aliphatic carbocycles. The van der Waals surface area contributed by atoms with E-state index < -0.39 is 6.09 Å². The third-order valence-corrected chi connectivity index (χ3v) is 3.02. The molecule has 0 radical (unpaired) electrons. The van der Waals surface area contributed by atoms with Gasteiger partial charge in [-0.05, 0) is 43.3 Å². The maximum Gasteiger partial charge on any atom is 0.411 e. The fourth-order valence-corrected chi connectivity index (χ4v) is 1.93. The van der Waals surface area contributed by atoms with Gasteiger partial charge in [0, 0.05) is 11.3 Å². The maximum atomic E-state index is 12.2. The molecule has 23 heavy (non-hydrogen) atoms. The zero-order valence-corrected chi connectivity index (χ0v) is 13.0. The van der Waals surface area contributed by atoms with Gasteiger partial charge in [0.05, 0.1) is 19.4 Å². The predicted molar refractivity (Wildman–Crippen MR) is 88.0 cm³/mol. The summed E-state index contributed by atoms with van der Waals surface area (Å²) in [7, 11) is 1.54. The van der Waals surface area contributed by atoms with E-state index in [-0.39, 0.29) is 5.91 Å². The third kappa shape index (κ3) is 4.47. The molecular weight excluding hydrogens is 296 g/mol.